The third kappa shape index (κ3) is 4.17. The Morgan fingerprint density at radius 1 is 1.32 bits per heavy atom. The SMILES string of the molecule is CCOCC(NC1CCOC2(CCCC2)C1)C(C)C. The molecule has 1 heterocycles. The smallest absolute Gasteiger partial charge is 0.0697 e. The fourth-order valence-electron chi connectivity index (χ4n) is 3.52. The highest BCUT2D eigenvalue weighted by molar-refractivity contribution is 4.94. The van der Waals surface area contributed by atoms with Crippen molar-refractivity contribution in [2.24, 2.45) is 5.92 Å². The van der Waals surface area contributed by atoms with Gasteiger partial charge in [-0.1, -0.05) is 26.7 Å². The average molecular weight is 269 g/mol. The molecule has 0 aromatic heterocycles. The molecule has 2 rings (SSSR count). The van der Waals surface area contributed by atoms with Gasteiger partial charge in [0.05, 0.1) is 12.2 Å². The van der Waals surface area contributed by atoms with Crippen LogP contribution in [0.1, 0.15) is 59.3 Å². The number of hydrogen-bond donors (Lipinski definition) is 1. The Hall–Kier alpha value is -0.120. The van der Waals surface area contributed by atoms with Crippen molar-refractivity contribution in [3.8, 4) is 0 Å². The van der Waals surface area contributed by atoms with E-state index in [4.69, 9.17) is 9.47 Å². The van der Waals surface area contributed by atoms with Gasteiger partial charge in [0, 0.05) is 25.3 Å². The molecular weight excluding hydrogens is 238 g/mol. The molecule has 1 N–H and O–H groups in total. The van der Waals surface area contributed by atoms with Gasteiger partial charge in [0.2, 0.25) is 0 Å². The molecule has 3 heteroatoms. The van der Waals surface area contributed by atoms with Crippen molar-refractivity contribution in [3.05, 3.63) is 0 Å². The normalized spacial score (nSPS) is 28.1. The van der Waals surface area contributed by atoms with Crippen LogP contribution in [0.3, 0.4) is 0 Å². The molecule has 1 spiro atoms. The summed E-state index contributed by atoms with van der Waals surface area (Å²) in [4.78, 5) is 0. The minimum absolute atomic E-state index is 0.211. The van der Waals surface area contributed by atoms with Crippen LogP contribution < -0.4 is 5.32 Å². The van der Waals surface area contributed by atoms with Crippen LogP contribution in [0, 0.1) is 5.92 Å². The molecule has 112 valence electrons. The van der Waals surface area contributed by atoms with E-state index in [2.05, 4.69) is 26.1 Å². The second kappa shape index (κ2) is 7.05. The summed E-state index contributed by atoms with van der Waals surface area (Å²) in [7, 11) is 0. The highest BCUT2D eigenvalue weighted by atomic mass is 16.5. The van der Waals surface area contributed by atoms with Gasteiger partial charge in [0.1, 0.15) is 0 Å². The van der Waals surface area contributed by atoms with E-state index in [1.54, 1.807) is 0 Å². The monoisotopic (exact) mass is 269 g/mol. The summed E-state index contributed by atoms with van der Waals surface area (Å²) in [6.45, 7) is 9.19. The maximum atomic E-state index is 6.11. The molecule has 3 nitrogen and oxygen atoms in total. The minimum Gasteiger partial charge on any atom is -0.380 e. The lowest BCUT2D eigenvalue weighted by Crippen LogP contribution is -2.51. The average Bonchev–Trinajstić information content (AvgIpc) is 2.82. The predicted octanol–water partition coefficient (Wildman–Crippen LogP) is 3.13. The molecule has 2 aliphatic rings. The van der Waals surface area contributed by atoms with Crippen LogP contribution in [-0.4, -0.2) is 37.5 Å². The number of nitrogens with one attached hydrogen (secondary N) is 1. The summed E-state index contributed by atoms with van der Waals surface area (Å²) in [5.41, 5.74) is 0.211. The highest BCUT2D eigenvalue weighted by Gasteiger charge is 2.40. The number of hydrogen-bond acceptors (Lipinski definition) is 3. The van der Waals surface area contributed by atoms with E-state index in [0.29, 0.717) is 18.0 Å². The molecule has 2 fully saturated rings. The van der Waals surface area contributed by atoms with Crippen molar-refractivity contribution in [1.29, 1.82) is 0 Å². The van der Waals surface area contributed by atoms with Gasteiger partial charge in [0.25, 0.3) is 0 Å². The van der Waals surface area contributed by atoms with E-state index >= 15 is 0 Å². The van der Waals surface area contributed by atoms with Gasteiger partial charge in [-0.05, 0) is 38.5 Å². The summed E-state index contributed by atoms with van der Waals surface area (Å²) < 4.78 is 11.7. The van der Waals surface area contributed by atoms with Gasteiger partial charge in [-0.2, -0.15) is 0 Å². The minimum atomic E-state index is 0.211. The first-order chi connectivity index (χ1) is 9.15. The van der Waals surface area contributed by atoms with Gasteiger partial charge >= 0.3 is 0 Å². The zero-order chi connectivity index (χ0) is 13.7. The van der Waals surface area contributed by atoms with Gasteiger partial charge < -0.3 is 14.8 Å². The van der Waals surface area contributed by atoms with Gasteiger partial charge in [-0.3, -0.25) is 0 Å². The molecule has 0 bridgehead atoms. The molecule has 1 aliphatic carbocycles. The molecule has 2 atom stereocenters. The Labute approximate surface area is 118 Å². The standard InChI is InChI=1S/C16H31NO2/c1-4-18-12-15(13(2)3)17-14-7-10-19-16(11-14)8-5-6-9-16/h13-15,17H,4-12H2,1-3H3. The van der Waals surface area contributed by atoms with E-state index in [9.17, 15) is 0 Å². The van der Waals surface area contributed by atoms with E-state index < -0.39 is 0 Å². The van der Waals surface area contributed by atoms with E-state index in [-0.39, 0.29) is 5.60 Å². The topological polar surface area (TPSA) is 30.5 Å². The molecule has 0 radical (unpaired) electrons. The first kappa shape index (κ1) is 15.3. The van der Waals surface area contributed by atoms with Crippen LogP contribution in [0.4, 0.5) is 0 Å². The summed E-state index contributed by atoms with van der Waals surface area (Å²) in [5.74, 6) is 0.619. The summed E-state index contributed by atoms with van der Waals surface area (Å²) >= 11 is 0. The van der Waals surface area contributed by atoms with Crippen LogP contribution in [0.15, 0.2) is 0 Å². The van der Waals surface area contributed by atoms with Crippen LogP contribution in [0.5, 0.6) is 0 Å². The lowest BCUT2D eigenvalue weighted by Gasteiger charge is -2.40. The molecule has 0 amide bonds. The van der Waals surface area contributed by atoms with E-state index in [1.807, 2.05) is 0 Å². The van der Waals surface area contributed by atoms with Crippen LogP contribution in [0.2, 0.25) is 0 Å². The highest BCUT2D eigenvalue weighted by Crippen LogP contribution is 2.40. The van der Waals surface area contributed by atoms with E-state index in [1.165, 1.54) is 32.1 Å². The summed E-state index contributed by atoms with van der Waals surface area (Å²) in [6.07, 6.45) is 7.57. The van der Waals surface area contributed by atoms with Crippen molar-refractivity contribution in [1.82, 2.24) is 5.32 Å². The Kier molecular flexibility index (Phi) is 5.67. The molecule has 2 unspecified atom stereocenters. The van der Waals surface area contributed by atoms with Crippen molar-refractivity contribution < 1.29 is 9.47 Å². The summed E-state index contributed by atoms with van der Waals surface area (Å²) in [5, 5.41) is 3.84. The fourth-order valence-corrected chi connectivity index (χ4v) is 3.52. The van der Waals surface area contributed by atoms with Crippen molar-refractivity contribution in [2.45, 2.75) is 77.0 Å². The molecule has 19 heavy (non-hydrogen) atoms. The molecule has 0 aromatic carbocycles. The first-order valence-electron chi connectivity index (χ1n) is 8.13. The van der Waals surface area contributed by atoms with Crippen molar-refractivity contribution in [2.75, 3.05) is 19.8 Å². The van der Waals surface area contributed by atoms with Crippen molar-refractivity contribution >= 4 is 0 Å². The Balaban J connectivity index is 1.85. The lowest BCUT2D eigenvalue weighted by atomic mass is 9.88. The van der Waals surface area contributed by atoms with Gasteiger partial charge in [-0.15, -0.1) is 0 Å². The molecular formula is C16H31NO2. The maximum Gasteiger partial charge on any atom is 0.0697 e. The Bertz CT molecular complexity index is 261. The number of ether oxygens (including phenoxy) is 2. The Morgan fingerprint density at radius 2 is 2.05 bits per heavy atom. The second-order valence-corrected chi connectivity index (χ2v) is 6.60. The largest absolute Gasteiger partial charge is 0.380 e. The third-order valence-corrected chi connectivity index (χ3v) is 4.76. The van der Waals surface area contributed by atoms with E-state index in [0.717, 1.165) is 26.2 Å². The van der Waals surface area contributed by atoms with Gasteiger partial charge in [-0.25, -0.2) is 0 Å². The molecule has 1 saturated heterocycles. The van der Waals surface area contributed by atoms with Crippen LogP contribution in [0.25, 0.3) is 0 Å². The Morgan fingerprint density at radius 3 is 2.68 bits per heavy atom. The molecule has 1 aliphatic heterocycles. The van der Waals surface area contributed by atoms with Crippen LogP contribution in [-0.2, 0) is 9.47 Å². The third-order valence-electron chi connectivity index (χ3n) is 4.76. The van der Waals surface area contributed by atoms with Crippen molar-refractivity contribution in [3.63, 3.8) is 0 Å². The van der Waals surface area contributed by atoms with Crippen LogP contribution >= 0.6 is 0 Å². The lowest BCUT2D eigenvalue weighted by molar-refractivity contribution is -0.0863. The van der Waals surface area contributed by atoms with Gasteiger partial charge in [0.15, 0.2) is 0 Å². The predicted molar refractivity (Wildman–Crippen MR) is 78.4 cm³/mol. The quantitative estimate of drug-likeness (QED) is 0.803. The second-order valence-electron chi connectivity index (χ2n) is 6.60. The fraction of sp³-hybridized carbons (Fsp3) is 1.00. The first-order valence-corrected chi connectivity index (χ1v) is 8.13. The zero-order valence-electron chi connectivity index (χ0n) is 12.9. The summed E-state index contributed by atoms with van der Waals surface area (Å²) in [6, 6.07) is 1.08. The zero-order valence-corrected chi connectivity index (χ0v) is 12.9. The number of rotatable bonds is 6. The molecule has 1 saturated carbocycles. The molecule has 0 aromatic rings. The maximum absolute atomic E-state index is 6.11.